The third kappa shape index (κ3) is 4.97. The lowest BCUT2D eigenvalue weighted by Gasteiger charge is -2.15. The number of aromatic nitrogens is 2. The number of rotatable bonds is 7. The van der Waals surface area contributed by atoms with Crippen LogP contribution in [0.1, 0.15) is 49.4 Å². The number of amides is 1. The van der Waals surface area contributed by atoms with Gasteiger partial charge in [-0.15, -0.1) is 0 Å². The molecule has 0 aliphatic heterocycles. The first kappa shape index (κ1) is 20.2. The summed E-state index contributed by atoms with van der Waals surface area (Å²) in [5, 5.41) is 3.46. The largest absolute Gasteiger partial charge is 0.325 e. The topological polar surface area (TPSA) is 64.0 Å². The SMILES string of the molecule is CC(=O)c1cccc(NC(=O)C(C)Sc2nc(C)c(C)n2CC(C)C)c1. The Morgan fingerprint density at radius 1 is 1.23 bits per heavy atom. The number of ketones is 1. The molecule has 0 aliphatic carbocycles. The van der Waals surface area contributed by atoms with Crippen molar-refractivity contribution >= 4 is 29.1 Å². The van der Waals surface area contributed by atoms with Crippen molar-refractivity contribution < 1.29 is 9.59 Å². The molecule has 0 bridgehead atoms. The number of hydrogen-bond donors (Lipinski definition) is 1. The highest BCUT2D eigenvalue weighted by molar-refractivity contribution is 8.00. The average molecular weight is 374 g/mol. The van der Waals surface area contributed by atoms with Gasteiger partial charge in [-0.2, -0.15) is 0 Å². The number of anilines is 1. The normalized spacial score (nSPS) is 12.3. The molecule has 1 atom stereocenters. The Kier molecular flexibility index (Phi) is 6.64. The molecule has 140 valence electrons. The van der Waals surface area contributed by atoms with Gasteiger partial charge in [0, 0.05) is 23.5 Å². The number of benzene rings is 1. The molecule has 0 spiro atoms. The Bertz CT molecular complexity index is 811. The van der Waals surface area contributed by atoms with E-state index in [1.54, 1.807) is 24.3 Å². The number of Topliss-reactive ketones (excluding diaryl/α,β-unsaturated/α-hetero) is 1. The fourth-order valence-electron chi connectivity index (χ4n) is 2.57. The number of hydrogen-bond acceptors (Lipinski definition) is 4. The molecule has 0 aliphatic rings. The first-order chi connectivity index (χ1) is 12.2. The standard InChI is InChI=1S/C20H27N3O2S/c1-12(2)11-23-14(4)13(3)21-20(23)26-16(6)19(25)22-18-9-7-8-17(10-18)15(5)24/h7-10,12,16H,11H2,1-6H3,(H,22,25). The summed E-state index contributed by atoms with van der Waals surface area (Å²) in [4.78, 5) is 28.7. The second kappa shape index (κ2) is 8.54. The number of nitrogens with zero attached hydrogens (tertiary/aromatic N) is 2. The Morgan fingerprint density at radius 2 is 1.92 bits per heavy atom. The Morgan fingerprint density at radius 3 is 2.54 bits per heavy atom. The second-order valence-electron chi connectivity index (χ2n) is 6.96. The van der Waals surface area contributed by atoms with Crippen molar-refractivity contribution in [3.8, 4) is 0 Å². The van der Waals surface area contributed by atoms with Gasteiger partial charge >= 0.3 is 0 Å². The predicted molar refractivity (Wildman–Crippen MR) is 107 cm³/mol. The second-order valence-corrected chi connectivity index (χ2v) is 8.26. The van der Waals surface area contributed by atoms with Crippen LogP contribution in [0.15, 0.2) is 29.4 Å². The molecule has 0 saturated carbocycles. The molecule has 1 aromatic carbocycles. The van der Waals surface area contributed by atoms with Crippen LogP contribution in [0.5, 0.6) is 0 Å². The fraction of sp³-hybridized carbons (Fsp3) is 0.450. The first-order valence-corrected chi connectivity index (χ1v) is 9.69. The molecule has 5 nitrogen and oxygen atoms in total. The molecule has 1 unspecified atom stereocenters. The van der Waals surface area contributed by atoms with Crippen LogP contribution in [-0.4, -0.2) is 26.5 Å². The molecule has 0 fully saturated rings. The number of imidazole rings is 1. The van der Waals surface area contributed by atoms with E-state index in [-0.39, 0.29) is 16.9 Å². The summed E-state index contributed by atoms with van der Waals surface area (Å²) in [6, 6.07) is 7.00. The molecular weight excluding hydrogens is 346 g/mol. The Balaban J connectivity index is 2.11. The first-order valence-electron chi connectivity index (χ1n) is 8.81. The summed E-state index contributed by atoms with van der Waals surface area (Å²) in [5.41, 5.74) is 3.35. The molecule has 26 heavy (non-hydrogen) atoms. The van der Waals surface area contributed by atoms with Crippen LogP contribution in [0.4, 0.5) is 5.69 Å². The van der Waals surface area contributed by atoms with Crippen molar-refractivity contribution in [3.05, 3.63) is 41.2 Å². The van der Waals surface area contributed by atoms with E-state index in [0.29, 0.717) is 17.2 Å². The van der Waals surface area contributed by atoms with E-state index < -0.39 is 0 Å². The summed E-state index contributed by atoms with van der Waals surface area (Å²) in [6.07, 6.45) is 0. The molecule has 6 heteroatoms. The quantitative estimate of drug-likeness (QED) is 0.574. The zero-order chi connectivity index (χ0) is 19.4. The molecule has 0 saturated heterocycles. The molecule has 1 aromatic heterocycles. The van der Waals surface area contributed by atoms with Crippen LogP contribution in [-0.2, 0) is 11.3 Å². The van der Waals surface area contributed by atoms with Crippen molar-refractivity contribution in [3.63, 3.8) is 0 Å². The minimum Gasteiger partial charge on any atom is -0.325 e. The lowest BCUT2D eigenvalue weighted by atomic mass is 10.1. The van der Waals surface area contributed by atoms with E-state index in [2.05, 4.69) is 35.6 Å². The smallest absolute Gasteiger partial charge is 0.237 e. The van der Waals surface area contributed by atoms with Gasteiger partial charge in [0.05, 0.1) is 10.9 Å². The summed E-state index contributed by atoms with van der Waals surface area (Å²) in [7, 11) is 0. The van der Waals surface area contributed by atoms with Gasteiger partial charge in [0.25, 0.3) is 0 Å². The van der Waals surface area contributed by atoms with Crippen LogP contribution in [0.2, 0.25) is 0 Å². The number of thioether (sulfide) groups is 1. The summed E-state index contributed by atoms with van der Waals surface area (Å²) in [6.45, 7) is 12.7. The monoisotopic (exact) mass is 373 g/mol. The van der Waals surface area contributed by atoms with E-state index in [1.165, 1.54) is 18.7 Å². The number of nitrogens with one attached hydrogen (secondary N) is 1. The van der Waals surface area contributed by atoms with E-state index in [0.717, 1.165) is 23.1 Å². The third-order valence-electron chi connectivity index (χ3n) is 4.16. The molecule has 1 heterocycles. The minimum absolute atomic E-state index is 0.0230. The predicted octanol–water partition coefficient (Wildman–Crippen LogP) is 4.48. The maximum absolute atomic E-state index is 12.6. The zero-order valence-corrected chi connectivity index (χ0v) is 17.1. The summed E-state index contributed by atoms with van der Waals surface area (Å²) in [5.74, 6) is 0.371. The average Bonchev–Trinajstić information content (AvgIpc) is 2.82. The van der Waals surface area contributed by atoms with Gasteiger partial charge in [-0.25, -0.2) is 4.98 Å². The fourth-order valence-corrected chi connectivity index (χ4v) is 3.58. The lowest BCUT2D eigenvalue weighted by Crippen LogP contribution is -2.23. The maximum atomic E-state index is 12.6. The third-order valence-corrected chi connectivity index (χ3v) is 5.25. The summed E-state index contributed by atoms with van der Waals surface area (Å²) < 4.78 is 2.19. The van der Waals surface area contributed by atoms with Gasteiger partial charge in [-0.3, -0.25) is 9.59 Å². The number of carbonyl (C=O) groups is 2. The van der Waals surface area contributed by atoms with Crippen LogP contribution in [0.3, 0.4) is 0 Å². The highest BCUT2D eigenvalue weighted by Gasteiger charge is 2.20. The van der Waals surface area contributed by atoms with Crippen molar-refractivity contribution in [1.29, 1.82) is 0 Å². The van der Waals surface area contributed by atoms with Gasteiger partial charge in [-0.1, -0.05) is 37.7 Å². The van der Waals surface area contributed by atoms with Crippen molar-refractivity contribution in [1.82, 2.24) is 9.55 Å². The van der Waals surface area contributed by atoms with E-state index in [4.69, 9.17) is 0 Å². The highest BCUT2D eigenvalue weighted by atomic mass is 32.2. The highest BCUT2D eigenvalue weighted by Crippen LogP contribution is 2.27. The minimum atomic E-state index is -0.303. The van der Waals surface area contributed by atoms with Crippen molar-refractivity contribution in [2.24, 2.45) is 5.92 Å². The van der Waals surface area contributed by atoms with Gasteiger partial charge < -0.3 is 9.88 Å². The van der Waals surface area contributed by atoms with Crippen LogP contribution in [0, 0.1) is 19.8 Å². The van der Waals surface area contributed by atoms with Crippen LogP contribution < -0.4 is 5.32 Å². The van der Waals surface area contributed by atoms with Gasteiger partial charge in [0.1, 0.15) is 0 Å². The number of aryl methyl sites for hydroxylation is 1. The molecule has 2 rings (SSSR count). The van der Waals surface area contributed by atoms with Gasteiger partial charge in [-0.05, 0) is 45.7 Å². The van der Waals surface area contributed by atoms with Crippen molar-refractivity contribution in [2.75, 3.05) is 5.32 Å². The van der Waals surface area contributed by atoms with Gasteiger partial charge in [0.2, 0.25) is 5.91 Å². The Labute approximate surface area is 159 Å². The lowest BCUT2D eigenvalue weighted by molar-refractivity contribution is -0.115. The zero-order valence-electron chi connectivity index (χ0n) is 16.3. The van der Waals surface area contributed by atoms with E-state index in [1.807, 2.05) is 13.8 Å². The van der Waals surface area contributed by atoms with Crippen molar-refractivity contribution in [2.45, 2.75) is 58.5 Å². The van der Waals surface area contributed by atoms with E-state index in [9.17, 15) is 9.59 Å². The molecule has 1 N–H and O–H groups in total. The van der Waals surface area contributed by atoms with Crippen LogP contribution >= 0.6 is 11.8 Å². The number of carbonyl (C=O) groups excluding carboxylic acids is 2. The van der Waals surface area contributed by atoms with E-state index >= 15 is 0 Å². The Hall–Kier alpha value is -2.08. The molecule has 0 radical (unpaired) electrons. The molecular formula is C20H27N3O2S. The summed E-state index contributed by atoms with van der Waals surface area (Å²) >= 11 is 1.46. The van der Waals surface area contributed by atoms with Gasteiger partial charge in [0.15, 0.2) is 10.9 Å². The van der Waals surface area contributed by atoms with Crippen LogP contribution in [0.25, 0.3) is 0 Å². The maximum Gasteiger partial charge on any atom is 0.237 e. The molecule has 1 amide bonds. The molecule has 2 aromatic rings.